The number of hydrogen-bond donors (Lipinski definition) is 2. The van der Waals surface area contributed by atoms with Gasteiger partial charge in [0, 0.05) is 56.4 Å². The summed E-state index contributed by atoms with van der Waals surface area (Å²) in [6, 6.07) is 9.13. The minimum atomic E-state index is -4.04. The van der Waals surface area contributed by atoms with Gasteiger partial charge < -0.3 is 29.7 Å². The standard InChI is InChI=1S/C35H42FN7O7S/c1-34(2,3)49-32(44)42-16-18-43(19-17-42)51(46,47)29-14-13-26(21-28(29)38-15-20-48-33(45)50-35(4,5)6)41-31-39-22-24(23-40-31)11-12-25-9-8-10-27(37-7)30(25)36/h8-14,21-23,38H,15-20H2,1-6H3,(H,39,40,41)/b12-11+. The quantitative estimate of drug-likeness (QED) is 0.131. The van der Waals surface area contributed by atoms with Gasteiger partial charge in [-0.2, -0.15) is 4.31 Å². The highest BCUT2D eigenvalue weighted by molar-refractivity contribution is 7.89. The first kappa shape index (κ1) is 38.5. The highest BCUT2D eigenvalue weighted by Crippen LogP contribution is 2.30. The second kappa shape index (κ2) is 16.2. The van der Waals surface area contributed by atoms with Crippen LogP contribution in [0.2, 0.25) is 0 Å². The monoisotopic (exact) mass is 723 g/mol. The van der Waals surface area contributed by atoms with Crippen molar-refractivity contribution in [2.75, 3.05) is 50.0 Å². The second-order valence-electron chi connectivity index (χ2n) is 13.4. The highest BCUT2D eigenvalue weighted by atomic mass is 32.2. The molecule has 3 aromatic rings. The van der Waals surface area contributed by atoms with Crippen molar-refractivity contribution in [3.8, 4) is 0 Å². The summed E-state index contributed by atoms with van der Waals surface area (Å²) in [6.07, 6.45) is 4.82. The summed E-state index contributed by atoms with van der Waals surface area (Å²) in [5, 5.41) is 6.10. The van der Waals surface area contributed by atoms with Crippen LogP contribution >= 0.6 is 0 Å². The van der Waals surface area contributed by atoms with E-state index in [9.17, 15) is 22.4 Å². The van der Waals surface area contributed by atoms with Crippen LogP contribution in [0.1, 0.15) is 52.7 Å². The number of piperazine rings is 1. The molecule has 0 unspecified atom stereocenters. The molecule has 2 N–H and O–H groups in total. The van der Waals surface area contributed by atoms with Crippen molar-refractivity contribution in [1.29, 1.82) is 0 Å². The third-order valence-electron chi connectivity index (χ3n) is 7.03. The molecule has 2 aromatic carbocycles. The molecule has 1 aliphatic heterocycles. The zero-order chi connectivity index (χ0) is 37.4. The Kier molecular flexibility index (Phi) is 12.2. The fourth-order valence-electron chi connectivity index (χ4n) is 4.70. The van der Waals surface area contributed by atoms with Crippen molar-refractivity contribution in [3.63, 3.8) is 0 Å². The van der Waals surface area contributed by atoms with Gasteiger partial charge in [-0.05, 0) is 65.3 Å². The first-order chi connectivity index (χ1) is 23.9. The zero-order valence-corrected chi connectivity index (χ0v) is 30.2. The lowest BCUT2D eigenvalue weighted by molar-refractivity contribution is -0.00551. The van der Waals surface area contributed by atoms with E-state index in [2.05, 4.69) is 25.4 Å². The molecule has 1 aliphatic rings. The summed E-state index contributed by atoms with van der Waals surface area (Å²) >= 11 is 0. The van der Waals surface area contributed by atoms with E-state index in [0.717, 1.165) is 0 Å². The molecule has 0 bridgehead atoms. The van der Waals surface area contributed by atoms with Crippen molar-refractivity contribution in [3.05, 3.63) is 77.2 Å². The fourth-order valence-corrected chi connectivity index (χ4v) is 6.27. The second-order valence-corrected chi connectivity index (χ2v) is 15.3. The largest absolute Gasteiger partial charge is 0.508 e. The number of amides is 1. The smallest absolute Gasteiger partial charge is 0.444 e. The van der Waals surface area contributed by atoms with Gasteiger partial charge in [-0.3, -0.25) is 0 Å². The van der Waals surface area contributed by atoms with E-state index < -0.39 is 39.3 Å². The Bertz CT molecular complexity index is 1890. The van der Waals surface area contributed by atoms with Crippen molar-refractivity contribution >= 4 is 57.4 Å². The van der Waals surface area contributed by atoms with Gasteiger partial charge in [0.2, 0.25) is 21.7 Å². The molecule has 14 nitrogen and oxygen atoms in total. The molecule has 0 atom stereocenters. The molecule has 0 spiro atoms. The molecule has 0 aliphatic carbocycles. The number of sulfonamides is 1. The van der Waals surface area contributed by atoms with Crippen LogP contribution in [0.3, 0.4) is 0 Å². The number of nitrogens with zero attached hydrogens (tertiary/aromatic N) is 5. The van der Waals surface area contributed by atoms with Crippen LogP contribution in [0, 0.1) is 12.4 Å². The summed E-state index contributed by atoms with van der Waals surface area (Å²) in [5.74, 6) is -0.404. The molecule has 1 saturated heterocycles. The van der Waals surface area contributed by atoms with Gasteiger partial charge in [0.1, 0.15) is 28.5 Å². The first-order valence-corrected chi connectivity index (χ1v) is 17.5. The van der Waals surface area contributed by atoms with E-state index in [1.165, 1.54) is 39.8 Å². The summed E-state index contributed by atoms with van der Waals surface area (Å²) < 4.78 is 59.2. The summed E-state index contributed by atoms with van der Waals surface area (Å²) in [7, 11) is -4.04. The number of anilines is 3. The third-order valence-corrected chi connectivity index (χ3v) is 8.98. The molecule has 272 valence electrons. The van der Waals surface area contributed by atoms with Gasteiger partial charge in [0.05, 0.1) is 12.3 Å². The Morgan fingerprint density at radius 3 is 2.27 bits per heavy atom. The normalized spacial score (nSPS) is 14.1. The van der Waals surface area contributed by atoms with E-state index in [0.29, 0.717) is 11.3 Å². The van der Waals surface area contributed by atoms with Gasteiger partial charge in [0.15, 0.2) is 0 Å². The molecule has 2 heterocycles. The van der Waals surface area contributed by atoms with Crippen molar-refractivity contribution in [2.45, 2.75) is 57.6 Å². The predicted molar refractivity (Wildman–Crippen MR) is 191 cm³/mol. The lowest BCUT2D eigenvalue weighted by atomic mass is 10.1. The topological polar surface area (TPSA) is 157 Å². The summed E-state index contributed by atoms with van der Waals surface area (Å²) in [6.45, 7) is 17.9. The van der Waals surface area contributed by atoms with Crippen LogP contribution in [0.5, 0.6) is 0 Å². The van der Waals surface area contributed by atoms with Crippen LogP contribution in [0.15, 0.2) is 53.7 Å². The Labute approximate surface area is 297 Å². The number of ether oxygens (including phenoxy) is 3. The molecule has 1 fully saturated rings. The molecule has 0 saturated carbocycles. The number of carbonyl (C=O) groups excluding carboxylic acids is 2. The average molecular weight is 724 g/mol. The number of nitrogens with one attached hydrogen (secondary N) is 2. The SMILES string of the molecule is [C-]#[N+]c1cccc(/C=C/c2cnc(Nc3ccc(S(=O)(=O)N4CCN(C(=O)OC(C)(C)C)CC4)c(NCCOC(=O)OC(C)(C)C)c3)nc2)c1F. The maximum absolute atomic E-state index is 14.4. The van der Waals surface area contributed by atoms with E-state index >= 15 is 0 Å². The molecule has 4 rings (SSSR count). The van der Waals surface area contributed by atoms with Gasteiger partial charge in [-0.15, -0.1) is 0 Å². The van der Waals surface area contributed by atoms with E-state index in [1.807, 2.05) is 0 Å². The summed E-state index contributed by atoms with van der Waals surface area (Å²) in [4.78, 5) is 37.8. The number of carbonyl (C=O) groups is 2. The van der Waals surface area contributed by atoms with Crippen LogP contribution in [-0.4, -0.2) is 90.4 Å². The maximum atomic E-state index is 14.4. The van der Waals surface area contributed by atoms with E-state index in [4.69, 9.17) is 20.8 Å². The zero-order valence-electron chi connectivity index (χ0n) is 29.4. The minimum absolute atomic E-state index is 0.0213. The first-order valence-electron chi connectivity index (χ1n) is 16.1. The highest BCUT2D eigenvalue weighted by Gasteiger charge is 2.33. The molecule has 1 amide bonds. The van der Waals surface area contributed by atoms with E-state index in [1.54, 1.807) is 71.9 Å². The Morgan fingerprint density at radius 1 is 0.980 bits per heavy atom. The Balaban J connectivity index is 1.50. The minimum Gasteiger partial charge on any atom is -0.444 e. The number of rotatable bonds is 10. The Hall–Kier alpha value is -5.27. The van der Waals surface area contributed by atoms with Crippen molar-refractivity contribution in [2.24, 2.45) is 0 Å². The predicted octanol–water partition coefficient (Wildman–Crippen LogP) is 6.69. The van der Waals surface area contributed by atoms with Gasteiger partial charge in [0.25, 0.3) is 0 Å². The Morgan fingerprint density at radius 2 is 1.65 bits per heavy atom. The van der Waals surface area contributed by atoms with Crippen LogP contribution in [0.25, 0.3) is 17.0 Å². The molecule has 51 heavy (non-hydrogen) atoms. The van der Waals surface area contributed by atoms with Gasteiger partial charge in [-0.25, -0.2) is 37.2 Å². The number of benzene rings is 2. The van der Waals surface area contributed by atoms with Crippen molar-refractivity contribution < 1.29 is 36.6 Å². The molecule has 1 aromatic heterocycles. The number of halogens is 1. The number of hydrogen-bond acceptors (Lipinski definition) is 11. The molecular weight excluding hydrogens is 681 g/mol. The van der Waals surface area contributed by atoms with Crippen molar-refractivity contribution in [1.82, 2.24) is 19.2 Å². The van der Waals surface area contributed by atoms with Crippen LogP contribution in [-0.2, 0) is 24.2 Å². The fraction of sp³-hybridized carbons (Fsp3) is 0.400. The molecular formula is C35H42FN7O7S. The maximum Gasteiger partial charge on any atom is 0.508 e. The lowest BCUT2D eigenvalue weighted by Gasteiger charge is -2.35. The van der Waals surface area contributed by atoms with Crippen LogP contribution in [0.4, 0.5) is 37.0 Å². The van der Waals surface area contributed by atoms with E-state index in [-0.39, 0.29) is 67.1 Å². The third kappa shape index (κ3) is 11.1. The summed E-state index contributed by atoms with van der Waals surface area (Å²) in [5.41, 5.74) is 0.0274. The lowest BCUT2D eigenvalue weighted by Crippen LogP contribution is -2.51. The van der Waals surface area contributed by atoms with Crippen LogP contribution < -0.4 is 10.6 Å². The number of aromatic nitrogens is 2. The molecule has 0 radical (unpaired) electrons. The average Bonchev–Trinajstić information content (AvgIpc) is 3.05. The molecule has 16 heteroatoms. The van der Waals surface area contributed by atoms with Gasteiger partial charge >= 0.3 is 12.2 Å². The van der Waals surface area contributed by atoms with Gasteiger partial charge in [-0.1, -0.05) is 30.4 Å².